The van der Waals surface area contributed by atoms with Gasteiger partial charge >= 0.3 is 17.9 Å². The molecule has 72 heavy (non-hydrogen) atoms. The fraction of sp³-hybridized carbons (Fsp3) is 0.894. The molecule has 0 radical (unpaired) electrons. The zero-order valence-corrected chi connectivity index (χ0v) is 48.7. The first-order valence-corrected chi connectivity index (χ1v) is 32.3. The Labute approximate surface area is 449 Å². The lowest BCUT2D eigenvalue weighted by molar-refractivity contribution is -0.167. The van der Waals surface area contributed by atoms with Crippen molar-refractivity contribution < 1.29 is 28.6 Å². The Morgan fingerprint density at radius 3 is 0.778 bits per heavy atom. The fourth-order valence-corrected chi connectivity index (χ4v) is 9.83. The van der Waals surface area contributed by atoms with Crippen LogP contribution in [0.4, 0.5) is 0 Å². The normalized spacial score (nSPS) is 12.1. The van der Waals surface area contributed by atoms with Gasteiger partial charge in [-0.15, -0.1) is 0 Å². The lowest BCUT2D eigenvalue weighted by Crippen LogP contribution is -2.30. The molecule has 0 aliphatic carbocycles. The SMILES string of the molecule is CCCCCC/C=C\C/C=C\CCCCCCCCCC(=O)OC(COC(=O)CCCCCCCCCCCCCCCCCC)COC(=O)CCCCCCCCCCCCCCCCCCCCCC. The molecular weight excluding hydrogens is 889 g/mol. The van der Waals surface area contributed by atoms with E-state index in [1.165, 1.54) is 250 Å². The van der Waals surface area contributed by atoms with Crippen LogP contribution in [-0.4, -0.2) is 37.2 Å². The number of carbonyl (C=O) groups excluding carboxylic acids is 3. The summed E-state index contributed by atoms with van der Waals surface area (Å²) in [6, 6.07) is 0. The molecule has 424 valence electrons. The Balaban J connectivity index is 4.31. The molecule has 6 nitrogen and oxygen atoms in total. The average Bonchev–Trinajstić information content (AvgIpc) is 3.38. The molecule has 0 amide bonds. The van der Waals surface area contributed by atoms with Crippen molar-refractivity contribution >= 4 is 17.9 Å². The monoisotopic (exact) mass is 1010 g/mol. The van der Waals surface area contributed by atoms with E-state index in [1.54, 1.807) is 0 Å². The largest absolute Gasteiger partial charge is 0.462 e. The first-order valence-electron chi connectivity index (χ1n) is 32.3. The van der Waals surface area contributed by atoms with Crippen molar-refractivity contribution in [2.75, 3.05) is 13.2 Å². The van der Waals surface area contributed by atoms with Crippen molar-refractivity contribution in [2.24, 2.45) is 0 Å². The number of esters is 3. The van der Waals surface area contributed by atoms with E-state index in [2.05, 4.69) is 45.1 Å². The quantitative estimate of drug-likeness (QED) is 0.0261. The molecule has 0 N–H and O–H groups in total. The third-order valence-corrected chi connectivity index (χ3v) is 14.7. The molecule has 0 fully saturated rings. The predicted octanol–water partition coefficient (Wildman–Crippen LogP) is 21.8. The molecule has 0 aromatic rings. The molecule has 0 saturated heterocycles. The van der Waals surface area contributed by atoms with Crippen molar-refractivity contribution in [2.45, 2.75) is 367 Å². The summed E-state index contributed by atoms with van der Waals surface area (Å²) in [5.41, 5.74) is 0. The van der Waals surface area contributed by atoms with E-state index in [9.17, 15) is 14.4 Å². The van der Waals surface area contributed by atoms with Gasteiger partial charge in [0, 0.05) is 19.3 Å². The Hall–Kier alpha value is -2.11. The van der Waals surface area contributed by atoms with Crippen molar-refractivity contribution in [1.82, 2.24) is 0 Å². The first-order chi connectivity index (χ1) is 35.5. The molecule has 0 aromatic carbocycles. The maximum atomic E-state index is 12.9. The smallest absolute Gasteiger partial charge is 0.306 e. The summed E-state index contributed by atoms with van der Waals surface area (Å²) in [7, 11) is 0. The van der Waals surface area contributed by atoms with E-state index in [0.717, 1.165) is 70.6 Å². The minimum atomic E-state index is -0.772. The summed E-state index contributed by atoms with van der Waals surface area (Å²) in [6.45, 7) is 6.69. The number of hydrogen-bond acceptors (Lipinski definition) is 6. The summed E-state index contributed by atoms with van der Waals surface area (Å²) in [5.74, 6) is -0.847. The average molecular weight is 1010 g/mol. The van der Waals surface area contributed by atoms with Gasteiger partial charge in [0.1, 0.15) is 13.2 Å². The molecular formula is C66H124O6. The molecule has 1 atom stereocenters. The first kappa shape index (κ1) is 69.9. The van der Waals surface area contributed by atoms with Crippen LogP contribution in [0, 0.1) is 0 Å². The summed E-state index contributed by atoms with van der Waals surface area (Å²) in [4.78, 5) is 38.3. The highest BCUT2D eigenvalue weighted by Gasteiger charge is 2.19. The summed E-state index contributed by atoms with van der Waals surface area (Å²) < 4.78 is 17.0. The third kappa shape index (κ3) is 58.8. The van der Waals surface area contributed by atoms with E-state index < -0.39 is 6.10 Å². The van der Waals surface area contributed by atoms with Gasteiger partial charge in [-0.1, -0.05) is 315 Å². The Bertz CT molecular complexity index is 1160. The van der Waals surface area contributed by atoms with E-state index in [0.29, 0.717) is 19.3 Å². The number of allylic oxidation sites excluding steroid dienone is 4. The van der Waals surface area contributed by atoms with E-state index >= 15 is 0 Å². The minimum Gasteiger partial charge on any atom is -0.462 e. The lowest BCUT2D eigenvalue weighted by atomic mass is 10.0. The molecule has 0 bridgehead atoms. The van der Waals surface area contributed by atoms with Gasteiger partial charge < -0.3 is 14.2 Å². The molecule has 6 heteroatoms. The standard InChI is InChI=1S/C66H124O6/c1-4-7-10-13-16-19-22-25-28-31-33-34-36-38-41-44-47-50-53-56-59-65(68)71-62-63(61-70-64(67)58-55-52-49-46-43-40-37-30-27-24-21-18-15-12-9-6-3)72-66(69)60-57-54-51-48-45-42-39-35-32-29-26-23-20-17-14-11-8-5-2/h20,23,29,32,63H,4-19,21-22,24-28,30-31,33-62H2,1-3H3/b23-20-,32-29-. The number of unbranched alkanes of at least 4 members (excludes halogenated alkanes) is 45. The van der Waals surface area contributed by atoms with E-state index in [1.807, 2.05) is 0 Å². The third-order valence-electron chi connectivity index (χ3n) is 14.7. The highest BCUT2D eigenvalue weighted by atomic mass is 16.6. The number of hydrogen-bond donors (Lipinski definition) is 0. The molecule has 0 spiro atoms. The maximum absolute atomic E-state index is 12.9. The highest BCUT2D eigenvalue weighted by Crippen LogP contribution is 2.18. The molecule has 0 saturated carbocycles. The highest BCUT2D eigenvalue weighted by molar-refractivity contribution is 5.71. The van der Waals surface area contributed by atoms with Crippen molar-refractivity contribution in [3.63, 3.8) is 0 Å². The number of carbonyl (C=O) groups is 3. The van der Waals surface area contributed by atoms with Crippen LogP contribution in [0.15, 0.2) is 24.3 Å². The summed E-state index contributed by atoms with van der Waals surface area (Å²) in [5, 5.41) is 0. The van der Waals surface area contributed by atoms with E-state index in [-0.39, 0.29) is 31.1 Å². The molecule has 0 heterocycles. The van der Waals surface area contributed by atoms with Crippen LogP contribution >= 0.6 is 0 Å². The van der Waals surface area contributed by atoms with Crippen molar-refractivity contribution in [3.8, 4) is 0 Å². The van der Waals surface area contributed by atoms with Crippen LogP contribution < -0.4 is 0 Å². The van der Waals surface area contributed by atoms with Gasteiger partial charge in [-0.25, -0.2) is 0 Å². The predicted molar refractivity (Wildman–Crippen MR) is 312 cm³/mol. The van der Waals surface area contributed by atoms with Crippen molar-refractivity contribution in [1.29, 1.82) is 0 Å². The lowest BCUT2D eigenvalue weighted by Gasteiger charge is -2.18. The maximum Gasteiger partial charge on any atom is 0.306 e. The number of rotatable bonds is 60. The summed E-state index contributed by atoms with van der Waals surface area (Å²) >= 11 is 0. The molecule has 0 rings (SSSR count). The van der Waals surface area contributed by atoms with Crippen LogP contribution in [0.5, 0.6) is 0 Å². The Morgan fingerprint density at radius 1 is 0.278 bits per heavy atom. The summed E-state index contributed by atoms with van der Waals surface area (Å²) in [6.07, 6.45) is 73.2. The minimum absolute atomic E-state index is 0.0683. The van der Waals surface area contributed by atoms with Gasteiger partial charge in [-0.3, -0.25) is 14.4 Å². The Kier molecular flexibility index (Phi) is 59.6. The zero-order chi connectivity index (χ0) is 52.2. The fourth-order valence-electron chi connectivity index (χ4n) is 9.83. The van der Waals surface area contributed by atoms with Gasteiger partial charge in [0.15, 0.2) is 6.10 Å². The van der Waals surface area contributed by atoms with Gasteiger partial charge in [-0.2, -0.15) is 0 Å². The van der Waals surface area contributed by atoms with Gasteiger partial charge in [0.05, 0.1) is 0 Å². The van der Waals surface area contributed by atoms with Crippen LogP contribution in [0.1, 0.15) is 361 Å². The topological polar surface area (TPSA) is 78.9 Å². The molecule has 1 unspecified atom stereocenters. The van der Waals surface area contributed by atoms with Crippen LogP contribution in [0.2, 0.25) is 0 Å². The van der Waals surface area contributed by atoms with Crippen LogP contribution in [0.25, 0.3) is 0 Å². The zero-order valence-electron chi connectivity index (χ0n) is 48.7. The second-order valence-electron chi connectivity index (χ2n) is 22.0. The van der Waals surface area contributed by atoms with Crippen LogP contribution in [-0.2, 0) is 28.6 Å². The Morgan fingerprint density at radius 2 is 0.500 bits per heavy atom. The van der Waals surface area contributed by atoms with Gasteiger partial charge in [0.2, 0.25) is 0 Å². The van der Waals surface area contributed by atoms with Gasteiger partial charge in [-0.05, 0) is 51.4 Å². The molecule has 0 aliphatic heterocycles. The van der Waals surface area contributed by atoms with Crippen LogP contribution in [0.3, 0.4) is 0 Å². The van der Waals surface area contributed by atoms with E-state index in [4.69, 9.17) is 14.2 Å². The van der Waals surface area contributed by atoms with Gasteiger partial charge in [0.25, 0.3) is 0 Å². The molecule has 0 aromatic heterocycles. The van der Waals surface area contributed by atoms with Crippen molar-refractivity contribution in [3.05, 3.63) is 24.3 Å². The second kappa shape index (κ2) is 61.4. The second-order valence-corrected chi connectivity index (χ2v) is 22.0. The number of ether oxygens (including phenoxy) is 3. The molecule has 0 aliphatic rings.